The van der Waals surface area contributed by atoms with Crippen LogP contribution >= 0.6 is 0 Å². The zero-order chi connectivity index (χ0) is 15.6. The van der Waals surface area contributed by atoms with E-state index >= 15 is 0 Å². The number of hydrogen-bond donors (Lipinski definition) is 2. The Morgan fingerprint density at radius 2 is 1.76 bits per heavy atom. The Morgan fingerprint density at radius 3 is 2.33 bits per heavy atom. The van der Waals surface area contributed by atoms with Gasteiger partial charge in [0.1, 0.15) is 10.7 Å². The van der Waals surface area contributed by atoms with Crippen molar-refractivity contribution in [1.29, 1.82) is 0 Å². The fraction of sp³-hybridized carbons (Fsp3) is 0.0833. The van der Waals surface area contributed by atoms with Crippen molar-refractivity contribution >= 4 is 21.5 Å². The minimum absolute atomic E-state index is 0.245. The Bertz CT molecular complexity index is 764. The van der Waals surface area contributed by atoms with E-state index in [1.54, 1.807) is 7.05 Å². The van der Waals surface area contributed by atoms with Crippen LogP contribution in [0.2, 0.25) is 0 Å². The molecule has 5 nitrogen and oxygen atoms in total. The van der Waals surface area contributed by atoms with Crippen LogP contribution in [0.4, 0.5) is 24.7 Å². The van der Waals surface area contributed by atoms with Gasteiger partial charge < -0.3 is 5.32 Å². The average Bonchev–Trinajstić information content (AvgIpc) is 2.48. The summed E-state index contributed by atoms with van der Waals surface area (Å²) in [6.45, 7) is 0. The summed E-state index contributed by atoms with van der Waals surface area (Å²) >= 11 is 0. The summed E-state index contributed by atoms with van der Waals surface area (Å²) in [4.78, 5) is 3.56. The summed E-state index contributed by atoms with van der Waals surface area (Å²) in [5, 5.41) is 2.70. The molecule has 0 radical (unpaired) electrons. The van der Waals surface area contributed by atoms with Gasteiger partial charge in [0.15, 0.2) is 17.5 Å². The number of sulfonamides is 1. The molecule has 112 valence electrons. The lowest BCUT2D eigenvalue weighted by Gasteiger charge is -2.09. The largest absolute Gasteiger partial charge is 0.373 e. The topological polar surface area (TPSA) is 71.1 Å². The third kappa shape index (κ3) is 3.07. The first-order valence-electron chi connectivity index (χ1n) is 5.65. The summed E-state index contributed by atoms with van der Waals surface area (Å²) in [6, 6.07) is 4.05. The van der Waals surface area contributed by atoms with Gasteiger partial charge >= 0.3 is 0 Å². The minimum Gasteiger partial charge on any atom is -0.373 e. The molecule has 0 aliphatic carbocycles. The molecule has 0 aliphatic heterocycles. The van der Waals surface area contributed by atoms with Crippen molar-refractivity contribution < 1.29 is 21.6 Å². The molecule has 1 heterocycles. The van der Waals surface area contributed by atoms with E-state index in [9.17, 15) is 21.6 Å². The van der Waals surface area contributed by atoms with Crippen LogP contribution in [-0.4, -0.2) is 20.4 Å². The van der Waals surface area contributed by atoms with Crippen LogP contribution in [0.25, 0.3) is 0 Å². The molecule has 0 fully saturated rings. The molecule has 0 saturated heterocycles. The first-order valence-corrected chi connectivity index (χ1v) is 7.13. The number of rotatable bonds is 4. The molecule has 0 amide bonds. The molecule has 2 N–H and O–H groups in total. The highest BCUT2D eigenvalue weighted by Crippen LogP contribution is 2.22. The van der Waals surface area contributed by atoms with Gasteiger partial charge in [-0.05, 0) is 24.3 Å². The lowest BCUT2D eigenvalue weighted by Crippen LogP contribution is -2.15. The Balaban J connectivity index is 2.35. The van der Waals surface area contributed by atoms with Crippen molar-refractivity contribution in [1.82, 2.24) is 4.98 Å². The molecule has 9 heteroatoms. The molecule has 0 saturated carbocycles. The van der Waals surface area contributed by atoms with Gasteiger partial charge in [0.2, 0.25) is 0 Å². The van der Waals surface area contributed by atoms with E-state index < -0.39 is 33.2 Å². The van der Waals surface area contributed by atoms with Crippen molar-refractivity contribution in [2.45, 2.75) is 4.90 Å². The van der Waals surface area contributed by atoms with Crippen molar-refractivity contribution in [3.05, 3.63) is 47.9 Å². The van der Waals surface area contributed by atoms with Gasteiger partial charge in [-0.3, -0.25) is 4.72 Å². The Labute approximate surface area is 118 Å². The second-order valence-corrected chi connectivity index (χ2v) is 5.64. The molecule has 0 aliphatic rings. The molecular weight excluding hydrogens is 307 g/mol. The van der Waals surface area contributed by atoms with Crippen molar-refractivity contribution in [2.24, 2.45) is 0 Å². The molecule has 2 rings (SSSR count). The fourth-order valence-corrected chi connectivity index (χ4v) is 2.50. The summed E-state index contributed by atoms with van der Waals surface area (Å²) in [7, 11) is -2.56. The van der Waals surface area contributed by atoms with Gasteiger partial charge in [0.25, 0.3) is 10.0 Å². The van der Waals surface area contributed by atoms with Crippen LogP contribution in [0, 0.1) is 17.5 Å². The third-order valence-electron chi connectivity index (χ3n) is 2.58. The number of aromatic nitrogens is 1. The second kappa shape index (κ2) is 5.60. The van der Waals surface area contributed by atoms with Gasteiger partial charge in [-0.2, -0.15) is 0 Å². The van der Waals surface area contributed by atoms with Crippen LogP contribution in [0.1, 0.15) is 0 Å². The third-order valence-corrected chi connectivity index (χ3v) is 3.93. The number of benzene rings is 1. The predicted molar refractivity (Wildman–Crippen MR) is 70.9 cm³/mol. The fourth-order valence-electron chi connectivity index (χ4n) is 1.50. The van der Waals surface area contributed by atoms with Crippen LogP contribution in [0.15, 0.2) is 35.4 Å². The lowest BCUT2D eigenvalue weighted by molar-refractivity contribution is 0.449. The highest BCUT2D eigenvalue weighted by Gasteiger charge is 2.20. The molecule has 2 aromatic rings. The zero-order valence-electron chi connectivity index (χ0n) is 10.7. The maximum Gasteiger partial charge on any atom is 0.263 e. The maximum absolute atomic E-state index is 13.5. The standard InChI is InChI=1S/C12H10F3N3O2S/c1-16-10-5-2-7(6-17-10)21(19,20)18-9-4-3-8(13)11(14)12(9)15/h2-6,18H,1H3,(H,16,17). The Kier molecular flexibility index (Phi) is 4.03. The van der Waals surface area contributed by atoms with Gasteiger partial charge in [0.05, 0.1) is 5.69 Å². The quantitative estimate of drug-likeness (QED) is 0.849. The molecule has 1 aromatic heterocycles. The lowest BCUT2D eigenvalue weighted by atomic mass is 10.3. The number of nitrogens with one attached hydrogen (secondary N) is 2. The van der Waals surface area contributed by atoms with Gasteiger partial charge in [-0.15, -0.1) is 0 Å². The number of halogens is 3. The van der Waals surface area contributed by atoms with Gasteiger partial charge in [-0.25, -0.2) is 26.6 Å². The summed E-state index contributed by atoms with van der Waals surface area (Å²) in [5.41, 5.74) is -0.688. The molecule has 1 aromatic carbocycles. The predicted octanol–water partition coefficient (Wildman–Crippen LogP) is 2.34. The molecular formula is C12H10F3N3O2S. The average molecular weight is 317 g/mol. The minimum atomic E-state index is -4.16. The van der Waals surface area contributed by atoms with Crippen molar-refractivity contribution in [3.63, 3.8) is 0 Å². The number of pyridine rings is 1. The highest BCUT2D eigenvalue weighted by atomic mass is 32.2. The smallest absolute Gasteiger partial charge is 0.263 e. The van der Waals surface area contributed by atoms with E-state index in [1.165, 1.54) is 12.1 Å². The Morgan fingerprint density at radius 1 is 1.05 bits per heavy atom. The first-order chi connectivity index (χ1) is 9.85. The van der Waals surface area contributed by atoms with E-state index in [4.69, 9.17) is 0 Å². The number of hydrogen-bond acceptors (Lipinski definition) is 4. The molecule has 0 bridgehead atoms. The monoisotopic (exact) mass is 317 g/mol. The van der Waals surface area contributed by atoms with Crippen molar-refractivity contribution in [2.75, 3.05) is 17.1 Å². The van der Waals surface area contributed by atoms with Gasteiger partial charge in [0, 0.05) is 13.2 Å². The van der Waals surface area contributed by atoms with Crippen LogP contribution < -0.4 is 10.0 Å². The molecule has 0 atom stereocenters. The highest BCUT2D eigenvalue weighted by molar-refractivity contribution is 7.92. The van der Waals surface area contributed by atoms with E-state index in [-0.39, 0.29) is 4.90 Å². The number of nitrogens with zero attached hydrogens (tertiary/aromatic N) is 1. The van der Waals surface area contributed by atoms with E-state index in [0.29, 0.717) is 11.9 Å². The van der Waals surface area contributed by atoms with E-state index in [2.05, 4.69) is 10.3 Å². The maximum atomic E-state index is 13.5. The summed E-state index contributed by atoms with van der Waals surface area (Å²) < 4.78 is 65.1. The zero-order valence-corrected chi connectivity index (χ0v) is 11.5. The van der Waals surface area contributed by atoms with E-state index in [1.807, 2.05) is 4.72 Å². The van der Waals surface area contributed by atoms with Crippen LogP contribution in [0.5, 0.6) is 0 Å². The molecule has 0 spiro atoms. The molecule has 0 unspecified atom stereocenters. The first kappa shape index (κ1) is 15.1. The molecule has 21 heavy (non-hydrogen) atoms. The van der Waals surface area contributed by atoms with Crippen molar-refractivity contribution in [3.8, 4) is 0 Å². The second-order valence-electron chi connectivity index (χ2n) is 3.96. The Hall–Kier alpha value is -2.29. The summed E-state index contributed by atoms with van der Waals surface area (Å²) in [6.07, 6.45) is 1.05. The normalized spacial score (nSPS) is 11.2. The number of anilines is 2. The SMILES string of the molecule is CNc1ccc(S(=O)(=O)Nc2ccc(F)c(F)c2F)cn1. The summed E-state index contributed by atoms with van der Waals surface area (Å²) in [5.74, 6) is -4.33. The van der Waals surface area contributed by atoms with Gasteiger partial charge in [-0.1, -0.05) is 0 Å². The van der Waals surface area contributed by atoms with E-state index in [0.717, 1.165) is 12.3 Å². The van der Waals surface area contributed by atoms with Crippen LogP contribution in [0.3, 0.4) is 0 Å². The van der Waals surface area contributed by atoms with Crippen LogP contribution in [-0.2, 0) is 10.0 Å².